The summed E-state index contributed by atoms with van der Waals surface area (Å²) in [6, 6.07) is 12.0. The predicted molar refractivity (Wildman–Crippen MR) is 125 cm³/mol. The third-order valence-corrected chi connectivity index (χ3v) is 6.12. The minimum atomic E-state index is -0.717. The molecule has 1 aliphatic rings. The van der Waals surface area contributed by atoms with Crippen LogP contribution in [0.25, 0.3) is 11.3 Å². The zero-order chi connectivity index (χ0) is 22.9. The number of unbranched alkanes of at least 4 members (excludes halogenated alkanes) is 3. The number of likely N-dealkylation sites (tertiary alicyclic amines) is 1. The number of hydrogen-bond acceptors (Lipinski definition) is 4. The van der Waals surface area contributed by atoms with Gasteiger partial charge >= 0.3 is 5.97 Å². The molecule has 1 N–H and O–H groups in total. The SMILES string of the molecule is COC(=O)CCCCCCN1C(=O)CCC1C=C[C@@H](O)c1cccc(-c2cccn2C)c1. The van der Waals surface area contributed by atoms with Crippen molar-refractivity contribution in [1.82, 2.24) is 9.47 Å². The van der Waals surface area contributed by atoms with Crippen LogP contribution in [-0.4, -0.2) is 46.1 Å². The van der Waals surface area contributed by atoms with Crippen molar-refractivity contribution < 1.29 is 19.4 Å². The molecule has 1 aromatic heterocycles. The van der Waals surface area contributed by atoms with Crippen molar-refractivity contribution in [2.75, 3.05) is 13.7 Å². The van der Waals surface area contributed by atoms with Gasteiger partial charge in [0, 0.05) is 38.3 Å². The molecule has 1 amide bonds. The topological polar surface area (TPSA) is 71.8 Å². The number of nitrogens with zero attached hydrogens (tertiary/aromatic N) is 2. The summed E-state index contributed by atoms with van der Waals surface area (Å²) in [6.07, 6.45) is 10.5. The van der Waals surface area contributed by atoms with Crippen LogP contribution in [0.15, 0.2) is 54.7 Å². The number of carbonyl (C=O) groups is 2. The van der Waals surface area contributed by atoms with E-state index in [1.807, 2.05) is 54.6 Å². The molecule has 0 aliphatic carbocycles. The number of aryl methyl sites for hydroxylation is 1. The number of aliphatic hydroxyl groups excluding tert-OH is 1. The molecule has 2 heterocycles. The third kappa shape index (κ3) is 6.33. The lowest BCUT2D eigenvalue weighted by molar-refractivity contribution is -0.140. The molecule has 32 heavy (non-hydrogen) atoms. The number of esters is 1. The van der Waals surface area contributed by atoms with E-state index in [0.717, 1.165) is 48.9 Å². The van der Waals surface area contributed by atoms with Crippen LogP contribution >= 0.6 is 0 Å². The highest BCUT2D eigenvalue weighted by atomic mass is 16.5. The Balaban J connectivity index is 1.52. The zero-order valence-electron chi connectivity index (χ0n) is 19.1. The number of aliphatic hydroxyl groups is 1. The summed E-state index contributed by atoms with van der Waals surface area (Å²) in [4.78, 5) is 25.4. The summed E-state index contributed by atoms with van der Waals surface area (Å²) in [6.45, 7) is 0.713. The minimum absolute atomic E-state index is 0.0308. The average molecular weight is 439 g/mol. The van der Waals surface area contributed by atoms with Crippen molar-refractivity contribution in [3.63, 3.8) is 0 Å². The Morgan fingerprint density at radius 1 is 1.22 bits per heavy atom. The first kappa shape index (κ1) is 23.8. The maximum Gasteiger partial charge on any atom is 0.305 e. The highest BCUT2D eigenvalue weighted by Crippen LogP contribution is 2.26. The lowest BCUT2D eigenvalue weighted by Gasteiger charge is -2.22. The molecular weight excluding hydrogens is 404 g/mol. The Bertz CT molecular complexity index is 933. The molecule has 1 saturated heterocycles. The standard InChI is InChI=1S/C26H34N2O4/c1-27-17-8-11-23(27)20-9-7-10-21(19-20)24(29)15-13-22-14-16-25(30)28(22)18-6-4-3-5-12-26(31)32-2/h7-11,13,15,17,19,22,24,29H,3-6,12,14,16,18H2,1-2H3/t22?,24-/m1/s1. The average Bonchev–Trinajstić information content (AvgIpc) is 3.39. The number of amides is 1. The van der Waals surface area contributed by atoms with Crippen molar-refractivity contribution in [3.8, 4) is 11.3 Å². The van der Waals surface area contributed by atoms with Crippen LogP contribution in [0.3, 0.4) is 0 Å². The van der Waals surface area contributed by atoms with Gasteiger partial charge in [-0.2, -0.15) is 0 Å². The largest absolute Gasteiger partial charge is 0.469 e. The van der Waals surface area contributed by atoms with Gasteiger partial charge in [0.05, 0.1) is 19.3 Å². The summed E-state index contributed by atoms with van der Waals surface area (Å²) in [5, 5.41) is 10.7. The Hall–Kier alpha value is -2.86. The van der Waals surface area contributed by atoms with Crippen molar-refractivity contribution in [2.24, 2.45) is 7.05 Å². The molecule has 6 nitrogen and oxygen atoms in total. The fraction of sp³-hybridized carbons (Fsp3) is 0.462. The normalized spacial score (nSPS) is 17.3. The maximum atomic E-state index is 12.3. The first-order chi connectivity index (χ1) is 15.5. The first-order valence-corrected chi connectivity index (χ1v) is 11.4. The van der Waals surface area contributed by atoms with Gasteiger partial charge < -0.3 is 19.3 Å². The molecule has 1 aromatic carbocycles. The Labute approximate surface area is 190 Å². The number of hydrogen-bond donors (Lipinski definition) is 1. The lowest BCUT2D eigenvalue weighted by Crippen LogP contribution is -2.32. The molecule has 2 aromatic rings. The molecule has 1 unspecified atom stereocenters. The molecule has 0 radical (unpaired) electrons. The highest BCUT2D eigenvalue weighted by Gasteiger charge is 2.28. The van der Waals surface area contributed by atoms with Crippen LogP contribution in [0.5, 0.6) is 0 Å². The van der Waals surface area contributed by atoms with E-state index in [-0.39, 0.29) is 17.9 Å². The van der Waals surface area contributed by atoms with Gasteiger partial charge in [0.1, 0.15) is 0 Å². The quantitative estimate of drug-likeness (QED) is 0.321. The molecule has 6 heteroatoms. The van der Waals surface area contributed by atoms with Crippen LogP contribution < -0.4 is 0 Å². The molecule has 1 fully saturated rings. The molecule has 172 valence electrons. The van der Waals surface area contributed by atoms with Crippen LogP contribution in [0, 0.1) is 0 Å². The molecule has 0 saturated carbocycles. The monoisotopic (exact) mass is 438 g/mol. The van der Waals surface area contributed by atoms with Gasteiger partial charge in [-0.05, 0) is 48.6 Å². The van der Waals surface area contributed by atoms with E-state index >= 15 is 0 Å². The number of carbonyl (C=O) groups excluding carboxylic acids is 2. The van der Waals surface area contributed by atoms with E-state index < -0.39 is 6.10 Å². The van der Waals surface area contributed by atoms with Gasteiger partial charge in [0.25, 0.3) is 0 Å². The summed E-state index contributed by atoms with van der Waals surface area (Å²) in [5.74, 6) is 0.00655. The molecule has 1 aliphatic heterocycles. The first-order valence-electron chi connectivity index (χ1n) is 11.4. The fourth-order valence-electron chi connectivity index (χ4n) is 4.24. The van der Waals surface area contributed by atoms with E-state index in [9.17, 15) is 14.7 Å². The van der Waals surface area contributed by atoms with Gasteiger partial charge in [0.2, 0.25) is 5.91 Å². The predicted octanol–water partition coefficient (Wildman–Crippen LogP) is 4.40. The van der Waals surface area contributed by atoms with Gasteiger partial charge in [-0.1, -0.05) is 43.2 Å². The van der Waals surface area contributed by atoms with Crippen molar-refractivity contribution >= 4 is 11.9 Å². The van der Waals surface area contributed by atoms with Crippen LogP contribution in [0.1, 0.15) is 56.6 Å². The second-order valence-corrected chi connectivity index (χ2v) is 8.39. The van der Waals surface area contributed by atoms with Crippen LogP contribution in [-0.2, 0) is 21.4 Å². The van der Waals surface area contributed by atoms with Crippen LogP contribution in [0.2, 0.25) is 0 Å². The van der Waals surface area contributed by atoms with E-state index in [4.69, 9.17) is 0 Å². The van der Waals surface area contributed by atoms with Crippen molar-refractivity contribution in [3.05, 3.63) is 60.3 Å². The second kappa shape index (κ2) is 11.7. The smallest absolute Gasteiger partial charge is 0.305 e. The number of benzene rings is 1. The Kier molecular flexibility index (Phi) is 8.68. The van der Waals surface area contributed by atoms with Gasteiger partial charge in [0.15, 0.2) is 0 Å². The van der Waals surface area contributed by atoms with E-state index in [1.165, 1.54) is 7.11 Å². The van der Waals surface area contributed by atoms with Crippen LogP contribution in [0.4, 0.5) is 0 Å². The van der Waals surface area contributed by atoms with Crippen molar-refractivity contribution in [2.45, 2.75) is 57.1 Å². The molecule has 3 rings (SSSR count). The van der Waals surface area contributed by atoms with Gasteiger partial charge in [-0.25, -0.2) is 0 Å². The summed E-state index contributed by atoms with van der Waals surface area (Å²) in [5.41, 5.74) is 3.00. The molecule has 0 bridgehead atoms. The number of rotatable bonds is 11. The zero-order valence-corrected chi connectivity index (χ0v) is 19.1. The Morgan fingerprint density at radius 2 is 2.03 bits per heavy atom. The van der Waals surface area contributed by atoms with Gasteiger partial charge in [-0.3, -0.25) is 9.59 Å². The number of methoxy groups -OCH3 is 1. The highest BCUT2D eigenvalue weighted by molar-refractivity contribution is 5.79. The van der Waals surface area contributed by atoms with E-state index in [1.54, 1.807) is 6.08 Å². The molecular formula is C26H34N2O4. The fourth-order valence-corrected chi connectivity index (χ4v) is 4.24. The van der Waals surface area contributed by atoms with E-state index in [0.29, 0.717) is 19.4 Å². The minimum Gasteiger partial charge on any atom is -0.469 e. The molecule has 0 spiro atoms. The van der Waals surface area contributed by atoms with Crippen molar-refractivity contribution in [1.29, 1.82) is 0 Å². The van der Waals surface area contributed by atoms with Gasteiger partial charge in [-0.15, -0.1) is 0 Å². The lowest BCUT2D eigenvalue weighted by atomic mass is 10.0. The van der Waals surface area contributed by atoms with E-state index in [2.05, 4.69) is 15.4 Å². The number of aromatic nitrogens is 1. The summed E-state index contributed by atoms with van der Waals surface area (Å²) < 4.78 is 6.71. The number of ether oxygens (including phenoxy) is 1. The second-order valence-electron chi connectivity index (χ2n) is 8.39. The summed E-state index contributed by atoms with van der Waals surface area (Å²) in [7, 11) is 3.41. The molecule has 2 atom stereocenters. The Morgan fingerprint density at radius 3 is 2.78 bits per heavy atom. The maximum absolute atomic E-state index is 12.3. The third-order valence-electron chi connectivity index (χ3n) is 6.12. The summed E-state index contributed by atoms with van der Waals surface area (Å²) >= 11 is 0.